The fourth-order valence-corrected chi connectivity index (χ4v) is 2.32. The molecule has 3 rings (SSSR count). The summed E-state index contributed by atoms with van der Waals surface area (Å²) in [5.74, 6) is 0.0597. The van der Waals surface area contributed by atoms with E-state index in [2.05, 4.69) is 5.32 Å². The molecule has 0 aliphatic rings. The van der Waals surface area contributed by atoms with E-state index in [1.54, 1.807) is 54.2 Å². The van der Waals surface area contributed by atoms with Gasteiger partial charge in [-0.25, -0.2) is 0 Å². The molecule has 23 heavy (non-hydrogen) atoms. The quantitative estimate of drug-likeness (QED) is 0.727. The van der Waals surface area contributed by atoms with Crippen molar-refractivity contribution in [3.63, 3.8) is 0 Å². The molecule has 114 valence electrons. The van der Waals surface area contributed by atoms with Crippen LogP contribution in [0.25, 0.3) is 5.88 Å². The van der Waals surface area contributed by atoms with E-state index in [0.29, 0.717) is 5.76 Å². The first-order valence-corrected chi connectivity index (χ1v) is 6.88. The summed E-state index contributed by atoms with van der Waals surface area (Å²) in [4.78, 5) is 12.5. The summed E-state index contributed by atoms with van der Waals surface area (Å²) < 4.78 is 7.21. The minimum absolute atomic E-state index is 0.0499. The zero-order valence-electron chi connectivity index (χ0n) is 12.3. The van der Waals surface area contributed by atoms with Crippen molar-refractivity contribution in [1.82, 2.24) is 4.57 Å². The number of benzene rings is 1. The largest absolute Gasteiger partial charge is 0.506 e. The number of rotatable bonds is 3. The summed E-state index contributed by atoms with van der Waals surface area (Å²) in [5.41, 5.74) is 0.565. The van der Waals surface area contributed by atoms with E-state index in [9.17, 15) is 15.2 Å². The molecule has 0 saturated carbocycles. The molecule has 0 fully saturated rings. The van der Waals surface area contributed by atoms with Gasteiger partial charge in [0.05, 0.1) is 5.69 Å². The van der Waals surface area contributed by atoms with Crippen molar-refractivity contribution in [2.45, 2.75) is 6.92 Å². The van der Waals surface area contributed by atoms with E-state index < -0.39 is 5.91 Å². The minimum atomic E-state index is -0.511. The molecule has 1 amide bonds. The fourth-order valence-electron chi connectivity index (χ4n) is 2.32. The number of hydrogen-bond acceptors (Lipinski definition) is 4. The highest BCUT2D eigenvalue weighted by Crippen LogP contribution is 2.28. The summed E-state index contributed by atoms with van der Waals surface area (Å²) >= 11 is 0. The molecule has 2 N–H and O–H groups in total. The molecule has 2 heterocycles. The zero-order chi connectivity index (χ0) is 16.4. The third-order valence-corrected chi connectivity index (χ3v) is 3.40. The van der Waals surface area contributed by atoms with Crippen molar-refractivity contribution in [3.05, 3.63) is 65.7 Å². The van der Waals surface area contributed by atoms with Crippen molar-refractivity contribution in [3.8, 4) is 17.7 Å². The third-order valence-electron chi connectivity index (χ3n) is 3.40. The second kappa shape index (κ2) is 5.73. The van der Waals surface area contributed by atoms with Gasteiger partial charge in [0.2, 0.25) is 5.88 Å². The molecule has 0 aliphatic carbocycles. The Bertz CT molecular complexity index is 902. The maximum Gasteiger partial charge on any atom is 0.260 e. The lowest BCUT2D eigenvalue weighted by Gasteiger charge is -2.06. The Morgan fingerprint density at radius 3 is 2.61 bits per heavy atom. The van der Waals surface area contributed by atoms with Gasteiger partial charge in [-0.3, -0.25) is 9.36 Å². The van der Waals surface area contributed by atoms with Crippen LogP contribution in [0.2, 0.25) is 0 Å². The number of aromatic nitrogens is 1. The van der Waals surface area contributed by atoms with Crippen molar-refractivity contribution in [1.29, 1.82) is 5.26 Å². The molecule has 6 heteroatoms. The highest BCUT2D eigenvalue weighted by Gasteiger charge is 2.24. The molecule has 0 atom stereocenters. The second-order valence-corrected chi connectivity index (χ2v) is 4.89. The maximum atomic E-state index is 12.5. The van der Waals surface area contributed by atoms with Crippen molar-refractivity contribution >= 4 is 11.6 Å². The molecular weight excluding hydrogens is 294 g/mol. The topological polar surface area (TPSA) is 91.2 Å². The SMILES string of the molecule is Cc1oc(-n2cccc2)c(C#N)c1C(=O)Nc1ccccc1O. The van der Waals surface area contributed by atoms with E-state index in [1.165, 1.54) is 6.07 Å². The zero-order valence-corrected chi connectivity index (χ0v) is 12.3. The molecule has 0 aliphatic heterocycles. The van der Waals surface area contributed by atoms with Gasteiger partial charge in [0, 0.05) is 12.4 Å². The normalized spacial score (nSPS) is 10.3. The van der Waals surface area contributed by atoms with Crippen molar-refractivity contribution in [2.75, 3.05) is 5.32 Å². The molecule has 0 spiro atoms. The number of aromatic hydroxyl groups is 1. The standard InChI is InChI=1S/C17H13N3O3/c1-11-15(16(22)19-13-6-2-3-7-14(13)21)12(10-18)17(23-11)20-8-4-5-9-20/h2-9,21H,1H3,(H,19,22). The molecule has 0 saturated heterocycles. The second-order valence-electron chi connectivity index (χ2n) is 4.89. The van der Waals surface area contributed by atoms with Gasteiger partial charge in [0.15, 0.2) is 0 Å². The van der Waals surface area contributed by atoms with Crippen LogP contribution in [0.15, 0.2) is 53.2 Å². The number of phenols is 1. The Kier molecular flexibility index (Phi) is 3.61. The monoisotopic (exact) mass is 307 g/mol. The van der Waals surface area contributed by atoms with E-state index >= 15 is 0 Å². The Balaban J connectivity index is 2.02. The van der Waals surface area contributed by atoms with Gasteiger partial charge in [-0.15, -0.1) is 0 Å². The summed E-state index contributed by atoms with van der Waals surface area (Å²) in [7, 11) is 0. The summed E-state index contributed by atoms with van der Waals surface area (Å²) in [6.07, 6.45) is 3.45. The Morgan fingerprint density at radius 1 is 1.26 bits per heavy atom. The van der Waals surface area contributed by atoms with E-state index in [-0.39, 0.29) is 28.4 Å². The lowest BCUT2D eigenvalue weighted by molar-refractivity contribution is 0.102. The van der Waals surface area contributed by atoms with Gasteiger partial charge in [-0.2, -0.15) is 5.26 Å². The fraction of sp³-hybridized carbons (Fsp3) is 0.0588. The number of nitrogens with zero attached hydrogens (tertiary/aromatic N) is 2. The lowest BCUT2D eigenvalue weighted by atomic mass is 10.1. The summed E-state index contributed by atoms with van der Waals surface area (Å²) in [6, 6.07) is 12.0. The van der Waals surface area contributed by atoms with Crippen molar-refractivity contribution in [2.24, 2.45) is 0 Å². The van der Waals surface area contributed by atoms with Gasteiger partial charge < -0.3 is 14.8 Å². The third kappa shape index (κ3) is 2.56. The number of aryl methyl sites for hydroxylation is 1. The van der Waals surface area contributed by atoms with Crippen LogP contribution in [0.5, 0.6) is 5.75 Å². The molecule has 0 unspecified atom stereocenters. The van der Waals surface area contributed by atoms with Crippen LogP contribution in [0.1, 0.15) is 21.7 Å². The number of hydrogen-bond donors (Lipinski definition) is 2. The average Bonchev–Trinajstić information content (AvgIpc) is 3.16. The first-order valence-electron chi connectivity index (χ1n) is 6.88. The number of carbonyl (C=O) groups is 1. The summed E-state index contributed by atoms with van der Waals surface area (Å²) in [5, 5.41) is 21.8. The van der Waals surface area contributed by atoms with E-state index in [4.69, 9.17) is 4.42 Å². The first-order chi connectivity index (χ1) is 11.1. The van der Waals surface area contributed by atoms with Gasteiger partial charge >= 0.3 is 0 Å². The van der Waals surface area contributed by atoms with Crippen LogP contribution >= 0.6 is 0 Å². The van der Waals surface area contributed by atoms with Crippen LogP contribution in [0.3, 0.4) is 0 Å². The van der Waals surface area contributed by atoms with Gasteiger partial charge in [-0.1, -0.05) is 12.1 Å². The highest BCUT2D eigenvalue weighted by atomic mass is 16.4. The molecule has 2 aromatic heterocycles. The van der Waals surface area contributed by atoms with Gasteiger partial charge in [-0.05, 0) is 31.2 Å². The Hall–Kier alpha value is -3.46. The molecule has 0 radical (unpaired) electrons. The highest BCUT2D eigenvalue weighted by molar-refractivity contribution is 6.07. The lowest BCUT2D eigenvalue weighted by Crippen LogP contribution is -2.14. The Morgan fingerprint density at radius 2 is 1.96 bits per heavy atom. The van der Waals surface area contributed by atoms with Crippen molar-refractivity contribution < 1.29 is 14.3 Å². The van der Waals surface area contributed by atoms with Crippen LogP contribution < -0.4 is 5.32 Å². The number of furan rings is 1. The Labute approximate surface area is 132 Å². The average molecular weight is 307 g/mol. The number of phenolic OH excluding ortho intramolecular Hbond substituents is 1. The van der Waals surface area contributed by atoms with Gasteiger partial charge in [0.1, 0.15) is 28.7 Å². The van der Waals surface area contributed by atoms with Gasteiger partial charge in [0.25, 0.3) is 5.91 Å². The summed E-state index contributed by atoms with van der Waals surface area (Å²) in [6.45, 7) is 1.62. The first kappa shape index (κ1) is 14.5. The number of anilines is 1. The number of nitrogens with one attached hydrogen (secondary N) is 1. The number of carbonyl (C=O) groups excluding carboxylic acids is 1. The molecule has 6 nitrogen and oxygen atoms in total. The molecule has 0 bridgehead atoms. The van der Waals surface area contributed by atoms with Crippen LogP contribution in [-0.4, -0.2) is 15.6 Å². The number of nitriles is 1. The van der Waals surface area contributed by atoms with Crippen LogP contribution in [-0.2, 0) is 0 Å². The number of amides is 1. The molecular formula is C17H13N3O3. The van der Waals surface area contributed by atoms with E-state index in [1.807, 2.05) is 6.07 Å². The van der Waals surface area contributed by atoms with Crippen LogP contribution in [0, 0.1) is 18.3 Å². The number of para-hydroxylation sites is 2. The minimum Gasteiger partial charge on any atom is -0.506 e. The molecule has 1 aromatic carbocycles. The molecule has 3 aromatic rings. The predicted octanol–water partition coefficient (Wildman–Crippen LogP) is 3.21. The smallest absolute Gasteiger partial charge is 0.260 e. The predicted molar refractivity (Wildman–Crippen MR) is 83.5 cm³/mol. The van der Waals surface area contributed by atoms with E-state index in [0.717, 1.165) is 0 Å². The maximum absolute atomic E-state index is 12.5. The van der Waals surface area contributed by atoms with Crippen LogP contribution in [0.4, 0.5) is 5.69 Å².